The van der Waals surface area contributed by atoms with E-state index in [0.717, 1.165) is 18.2 Å². The monoisotopic (exact) mass is 371 g/mol. The Morgan fingerprint density at radius 1 is 1.19 bits per heavy atom. The number of halogens is 3. The highest BCUT2D eigenvalue weighted by Gasteiger charge is 2.30. The predicted molar refractivity (Wildman–Crippen MR) is 88.0 cm³/mol. The van der Waals surface area contributed by atoms with Gasteiger partial charge in [-0.05, 0) is 37.6 Å². The van der Waals surface area contributed by atoms with Gasteiger partial charge in [-0.3, -0.25) is 4.79 Å². The first-order chi connectivity index (χ1) is 12.1. The van der Waals surface area contributed by atoms with Crippen LogP contribution >= 0.6 is 0 Å². The molecule has 1 amide bonds. The first-order valence-corrected chi connectivity index (χ1v) is 8.10. The van der Waals surface area contributed by atoms with Crippen molar-refractivity contribution < 1.29 is 32.2 Å². The van der Waals surface area contributed by atoms with E-state index >= 15 is 0 Å². The van der Waals surface area contributed by atoms with Crippen LogP contribution in [0.15, 0.2) is 30.3 Å². The molecule has 1 aromatic carbocycles. The zero-order chi connectivity index (χ0) is 19.3. The third-order valence-corrected chi connectivity index (χ3v) is 3.76. The molecular weight excluding hydrogens is 351 g/mol. The van der Waals surface area contributed by atoms with Crippen molar-refractivity contribution in [2.45, 2.75) is 32.2 Å². The van der Waals surface area contributed by atoms with Crippen LogP contribution in [0.5, 0.6) is 0 Å². The van der Waals surface area contributed by atoms with Crippen LogP contribution in [0.3, 0.4) is 0 Å². The van der Waals surface area contributed by atoms with Crippen molar-refractivity contribution in [3.8, 4) is 0 Å². The maximum absolute atomic E-state index is 12.5. The van der Waals surface area contributed by atoms with Crippen molar-refractivity contribution in [2.24, 2.45) is 0 Å². The minimum absolute atomic E-state index is 0.0852. The van der Waals surface area contributed by atoms with E-state index in [1.807, 2.05) is 13.8 Å². The van der Waals surface area contributed by atoms with Gasteiger partial charge in [0.1, 0.15) is 0 Å². The van der Waals surface area contributed by atoms with Crippen molar-refractivity contribution >= 4 is 18.0 Å². The second kappa shape index (κ2) is 8.35. The Hall–Kier alpha value is -2.35. The molecular formula is C18H20F3NO4. The standard InChI is InChI=1S/C18H20F3NO4/c1-12-9-22(10-13(2)26-12)16(23)11-25-17(24)8-5-14-3-6-15(7-4-14)18(19,20)21/h3-8,12-13H,9-11H2,1-2H3/b8-5+/t12-,13+. The number of ether oxygens (including phenoxy) is 2. The lowest BCUT2D eigenvalue weighted by molar-refractivity contribution is -0.154. The van der Waals surface area contributed by atoms with Crippen LogP contribution in [0.4, 0.5) is 13.2 Å². The molecule has 0 saturated carbocycles. The minimum atomic E-state index is -4.41. The smallest absolute Gasteiger partial charge is 0.416 e. The molecule has 0 N–H and O–H groups in total. The summed E-state index contributed by atoms with van der Waals surface area (Å²) < 4.78 is 47.8. The van der Waals surface area contributed by atoms with Crippen molar-refractivity contribution in [1.29, 1.82) is 0 Å². The summed E-state index contributed by atoms with van der Waals surface area (Å²) >= 11 is 0. The molecule has 1 saturated heterocycles. The molecule has 0 aliphatic carbocycles. The van der Waals surface area contributed by atoms with Gasteiger partial charge in [-0.1, -0.05) is 12.1 Å². The number of hydrogen-bond donors (Lipinski definition) is 0. The number of carbonyl (C=O) groups excluding carboxylic acids is 2. The van der Waals surface area contributed by atoms with Crippen LogP contribution in [-0.2, 0) is 25.2 Å². The fourth-order valence-corrected chi connectivity index (χ4v) is 2.60. The van der Waals surface area contributed by atoms with Crippen LogP contribution < -0.4 is 0 Å². The molecule has 142 valence electrons. The minimum Gasteiger partial charge on any atom is -0.452 e. The first kappa shape index (κ1) is 20.0. The summed E-state index contributed by atoms with van der Waals surface area (Å²) in [6.07, 6.45) is -2.18. The number of morpholine rings is 1. The number of rotatable bonds is 4. The SMILES string of the molecule is C[C@@H]1CN(C(=O)COC(=O)/C=C/c2ccc(C(F)(F)F)cc2)C[C@H](C)O1. The molecule has 0 aromatic heterocycles. The fraction of sp³-hybridized carbons (Fsp3) is 0.444. The van der Waals surface area contributed by atoms with E-state index in [9.17, 15) is 22.8 Å². The van der Waals surface area contributed by atoms with E-state index in [2.05, 4.69) is 0 Å². The normalized spacial score (nSPS) is 21.0. The summed E-state index contributed by atoms with van der Waals surface area (Å²) in [5.41, 5.74) is -0.353. The largest absolute Gasteiger partial charge is 0.452 e. The lowest BCUT2D eigenvalue weighted by Gasteiger charge is -2.35. The summed E-state index contributed by atoms with van der Waals surface area (Å²) in [6.45, 7) is 4.18. The van der Waals surface area contributed by atoms with Gasteiger partial charge in [0.05, 0.1) is 17.8 Å². The van der Waals surface area contributed by atoms with Gasteiger partial charge < -0.3 is 14.4 Å². The van der Waals surface area contributed by atoms with E-state index in [-0.39, 0.29) is 18.1 Å². The van der Waals surface area contributed by atoms with Crippen LogP contribution in [0.2, 0.25) is 0 Å². The molecule has 0 radical (unpaired) electrons. The van der Waals surface area contributed by atoms with E-state index in [4.69, 9.17) is 9.47 Å². The van der Waals surface area contributed by atoms with Crippen molar-refractivity contribution in [3.05, 3.63) is 41.5 Å². The highest BCUT2D eigenvalue weighted by atomic mass is 19.4. The second-order valence-corrected chi connectivity index (χ2v) is 6.12. The Morgan fingerprint density at radius 3 is 2.31 bits per heavy atom. The molecule has 2 atom stereocenters. The molecule has 8 heteroatoms. The number of hydrogen-bond acceptors (Lipinski definition) is 4. The van der Waals surface area contributed by atoms with Gasteiger partial charge in [0.25, 0.3) is 5.91 Å². The maximum atomic E-state index is 12.5. The second-order valence-electron chi connectivity index (χ2n) is 6.12. The number of nitrogens with zero attached hydrogens (tertiary/aromatic N) is 1. The Labute approximate surface area is 149 Å². The number of esters is 1. The Morgan fingerprint density at radius 2 is 1.77 bits per heavy atom. The van der Waals surface area contributed by atoms with Gasteiger partial charge in [0.15, 0.2) is 6.61 Å². The molecule has 2 rings (SSSR count). The average molecular weight is 371 g/mol. The summed E-state index contributed by atoms with van der Waals surface area (Å²) in [4.78, 5) is 25.3. The highest BCUT2D eigenvalue weighted by Crippen LogP contribution is 2.29. The summed E-state index contributed by atoms with van der Waals surface area (Å²) in [7, 11) is 0. The highest BCUT2D eigenvalue weighted by molar-refractivity contribution is 5.89. The molecule has 1 fully saturated rings. The molecule has 26 heavy (non-hydrogen) atoms. The molecule has 0 unspecified atom stereocenters. The Kier molecular flexibility index (Phi) is 6.42. The average Bonchev–Trinajstić information content (AvgIpc) is 2.56. The van der Waals surface area contributed by atoms with Gasteiger partial charge in [0.2, 0.25) is 0 Å². The van der Waals surface area contributed by atoms with Crippen LogP contribution in [0, 0.1) is 0 Å². The van der Waals surface area contributed by atoms with Crippen LogP contribution in [0.1, 0.15) is 25.0 Å². The third-order valence-electron chi connectivity index (χ3n) is 3.76. The lowest BCUT2D eigenvalue weighted by atomic mass is 10.1. The summed E-state index contributed by atoms with van der Waals surface area (Å²) in [5, 5.41) is 0. The van der Waals surface area contributed by atoms with E-state index < -0.39 is 24.3 Å². The number of alkyl halides is 3. The molecule has 1 aliphatic rings. The topological polar surface area (TPSA) is 55.8 Å². The van der Waals surface area contributed by atoms with Gasteiger partial charge in [-0.25, -0.2) is 4.79 Å². The number of benzene rings is 1. The summed E-state index contributed by atoms with van der Waals surface area (Å²) in [5.74, 6) is -1.06. The quantitative estimate of drug-likeness (QED) is 0.603. The zero-order valence-electron chi connectivity index (χ0n) is 14.5. The molecule has 1 heterocycles. The van der Waals surface area contributed by atoms with Crippen molar-refractivity contribution in [3.63, 3.8) is 0 Å². The molecule has 0 spiro atoms. The van der Waals surface area contributed by atoms with Crippen LogP contribution in [0.25, 0.3) is 6.08 Å². The lowest BCUT2D eigenvalue weighted by Crippen LogP contribution is -2.49. The van der Waals surface area contributed by atoms with Crippen LogP contribution in [-0.4, -0.2) is 48.7 Å². The Balaban J connectivity index is 1.82. The van der Waals surface area contributed by atoms with Crippen molar-refractivity contribution in [1.82, 2.24) is 4.90 Å². The van der Waals surface area contributed by atoms with Crippen molar-refractivity contribution in [2.75, 3.05) is 19.7 Å². The van der Waals surface area contributed by atoms with Gasteiger partial charge in [-0.15, -0.1) is 0 Å². The molecule has 1 aromatic rings. The first-order valence-electron chi connectivity index (χ1n) is 8.10. The molecule has 1 aliphatic heterocycles. The zero-order valence-corrected chi connectivity index (χ0v) is 14.5. The van der Waals surface area contributed by atoms with Gasteiger partial charge in [0, 0.05) is 19.2 Å². The van der Waals surface area contributed by atoms with E-state index in [1.54, 1.807) is 4.90 Å². The fourth-order valence-electron chi connectivity index (χ4n) is 2.60. The van der Waals surface area contributed by atoms with Gasteiger partial charge >= 0.3 is 12.1 Å². The van der Waals surface area contributed by atoms with Gasteiger partial charge in [-0.2, -0.15) is 13.2 Å². The summed E-state index contributed by atoms with van der Waals surface area (Å²) in [6, 6.07) is 4.34. The van der Waals surface area contributed by atoms with E-state index in [0.29, 0.717) is 18.7 Å². The molecule has 0 bridgehead atoms. The molecule has 5 nitrogen and oxygen atoms in total. The Bertz CT molecular complexity index is 660. The van der Waals surface area contributed by atoms with E-state index in [1.165, 1.54) is 18.2 Å². The predicted octanol–water partition coefficient (Wildman–Crippen LogP) is 2.90. The number of amides is 1. The number of carbonyl (C=O) groups is 2. The third kappa shape index (κ3) is 5.87. The maximum Gasteiger partial charge on any atom is 0.416 e.